The number of rotatable bonds is 3. The van der Waals surface area contributed by atoms with Gasteiger partial charge in [-0.1, -0.05) is 5.21 Å². The van der Waals surface area contributed by atoms with Gasteiger partial charge in [0, 0.05) is 18.8 Å². The standard InChI is InChI=1S/C13H14FN5O/c1-8-4-9(2-3-11(8)14)16-13(20)12-7-19(18-17-12)10-5-15-6-10/h2-4,7,10,15H,5-6H2,1H3,(H,16,20). The zero-order valence-corrected chi connectivity index (χ0v) is 10.9. The third-order valence-corrected chi connectivity index (χ3v) is 3.29. The average Bonchev–Trinajstić information content (AvgIpc) is 2.81. The van der Waals surface area contributed by atoms with E-state index in [0.717, 1.165) is 13.1 Å². The van der Waals surface area contributed by atoms with Crippen LogP contribution in [0, 0.1) is 12.7 Å². The van der Waals surface area contributed by atoms with Gasteiger partial charge in [0.1, 0.15) is 5.82 Å². The van der Waals surface area contributed by atoms with Crippen molar-refractivity contribution in [1.82, 2.24) is 20.3 Å². The van der Waals surface area contributed by atoms with Gasteiger partial charge in [-0.15, -0.1) is 5.10 Å². The van der Waals surface area contributed by atoms with E-state index in [4.69, 9.17) is 0 Å². The highest BCUT2D eigenvalue weighted by atomic mass is 19.1. The normalized spacial score (nSPS) is 14.9. The molecule has 1 aliphatic heterocycles. The largest absolute Gasteiger partial charge is 0.321 e. The van der Waals surface area contributed by atoms with Gasteiger partial charge in [0.25, 0.3) is 5.91 Å². The molecule has 1 amide bonds. The summed E-state index contributed by atoms with van der Waals surface area (Å²) in [6.07, 6.45) is 1.62. The molecule has 1 saturated heterocycles. The van der Waals surface area contributed by atoms with Gasteiger partial charge < -0.3 is 10.6 Å². The van der Waals surface area contributed by atoms with Crippen molar-refractivity contribution in [3.63, 3.8) is 0 Å². The second kappa shape index (κ2) is 5.01. The molecule has 2 N–H and O–H groups in total. The summed E-state index contributed by atoms with van der Waals surface area (Å²) < 4.78 is 14.8. The van der Waals surface area contributed by atoms with Crippen LogP contribution < -0.4 is 10.6 Å². The zero-order valence-electron chi connectivity index (χ0n) is 10.9. The predicted octanol–water partition coefficient (Wildman–Crippen LogP) is 1.12. The molecule has 1 aromatic heterocycles. The number of carbonyl (C=O) groups is 1. The van der Waals surface area contributed by atoms with Crippen molar-refractivity contribution < 1.29 is 9.18 Å². The maximum atomic E-state index is 13.2. The Bertz CT molecular complexity index is 650. The van der Waals surface area contributed by atoms with Crippen molar-refractivity contribution in [2.75, 3.05) is 18.4 Å². The molecule has 2 heterocycles. The van der Waals surface area contributed by atoms with Gasteiger partial charge in [0.05, 0.1) is 12.2 Å². The van der Waals surface area contributed by atoms with Gasteiger partial charge in [0.2, 0.25) is 0 Å². The van der Waals surface area contributed by atoms with Crippen molar-refractivity contribution in [3.05, 3.63) is 41.5 Å². The van der Waals surface area contributed by atoms with Crippen LogP contribution in [0.25, 0.3) is 0 Å². The molecular formula is C13H14FN5O. The SMILES string of the molecule is Cc1cc(NC(=O)c2cn(C3CNC3)nn2)ccc1F. The van der Waals surface area contributed by atoms with Crippen molar-refractivity contribution in [1.29, 1.82) is 0 Å². The average molecular weight is 275 g/mol. The number of halogens is 1. The molecule has 1 fully saturated rings. The van der Waals surface area contributed by atoms with Gasteiger partial charge in [-0.05, 0) is 30.7 Å². The van der Waals surface area contributed by atoms with Crippen LogP contribution in [0.2, 0.25) is 0 Å². The lowest BCUT2D eigenvalue weighted by atomic mass is 10.2. The van der Waals surface area contributed by atoms with Crippen LogP contribution in [0.3, 0.4) is 0 Å². The molecule has 6 nitrogen and oxygen atoms in total. The van der Waals surface area contributed by atoms with E-state index < -0.39 is 0 Å². The summed E-state index contributed by atoms with van der Waals surface area (Å²) in [7, 11) is 0. The molecule has 0 bridgehead atoms. The monoisotopic (exact) mass is 275 g/mol. The molecule has 104 valence electrons. The maximum Gasteiger partial charge on any atom is 0.277 e. The molecule has 1 aromatic carbocycles. The second-order valence-corrected chi connectivity index (χ2v) is 4.81. The molecule has 0 aliphatic carbocycles. The highest BCUT2D eigenvalue weighted by Crippen LogP contribution is 2.15. The van der Waals surface area contributed by atoms with E-state index in [2.05, 4.69) is 20.9 Å². The summed E-state index contributed by atoms with van der Waals surface area (Å²) in [5.41, 5.74) is 1.26. The van der Waals surface area contributed by atoms with E-state index in [1.54, 1.807) is 23.9 Å². The molecule has 0 radical (unpaired) electrons. The number of aryl methyl sites for hydroxylation is 1. The molecule has 7 heteroatoms. The molecule has 2 aromatic rings. The van der Waals surface area contributed by atoms with Crippen LogP contribution in [0.15, 0.2) is 24.4 Å². The van der Waals surface area contributed by atoms with Crippen LogP contribution in [-0.2, 0) is 0 Å². The van der Waals surface area contributed by atoms with Crippen LogP contribution in [-0.4, -0.2) is 34.0 Å². The summed E-state index contributed by atoms with van der Waals surface area (Å²) in [4.78, 5) is 12.0. The van der Waals surface area contributed by atoms with E-state index >= 15 is 0 Å². The van der Waals surface area contributed by atoms with Crippen LogP contribution >= 0.6 is 0 Å². The van der Waals surface area contributed by atoms with E-state index in [0.29, 0.717) is 11.3 Å². The number of hydrogen-bond acceptors (Lipinski definition) is 4. The molecule has 3 rings (SSSR count). The Kier molecular flexibility index (Phi) is 3.19. The Balaban J connectivity index is 1.71. The molecule has 0 saturated carbocycles. The molecule has 1 aliphatic rings. The third kappa shape index (κ3) is 2.39. The number of nitrogens with zero attached hydrogens (tertiary/aromatic N) is 3. The number of aromatic nitrogens is 3. The van der Waals surface area contributed by atoms with Gasteiger partial charge in [-0.2, -0.15) is 0 Å². The first-order valence-electron chi connectivity index (χ1n) is 6.33. The number of hydrogen-bond donors (Lipinski definition) is 2. The highest BCUT2D eigenvalue weighted by molar-refractivity contribution is 6.02. The lowest BCUT2D eigenvalue weighted by Crippen LogP contribution is -2.43. The summed E-state index contributed by atoms with van der Waals surface area (Å²) in [5.74, 6) is -0.652. The van der Waals surface area contributed by atoms with E-state index in [1.165, 1.54) is 12.1 Å². The number of nitrogens with one attached hydrogen (secondary N) is 2. The highest BCUT2D eigenvalue weighted by Gasteiger charge is 2.21. The summed E-state index contributed by atoms with van der Waals surface area (Å²) in [5, 5.41) is 13.6. The van der Waals surface area contributed by atoms with Gasteiger partial charge in [-0.3, -0.25) is 4.79 Å². The number of carbonyl (C=O) groups excluding carboxylic acids is 1. The minimum Gasteiger partial charge on any atom is -0.321 e. The molecule has 0 unspecified atom stereocenters. The summed E-state index contributed by atoms with van der Waals surface area (Å²) in [6.45, 7) is 3.31. The van der Waals surface area contributed by atoms with Crippen LogP contribution in [0.4, 0.5) is 10.1 Å². The third-order valence-electron chi connectivity index (χ3n) is 3.29. The minimum atomic E-state index is -0.352. The van der Waals surface area contributed by atoms with Crippen molar-refractivity contribution in [3.8, 4) is 0 Å². The Morgan fingerprint density at radius 3 is 2.95 bits per heavy atom. The quantitative estimate of drug-likeness (QED) is 0.880. The summed E-state index contributed by atoms with van der Waals surface area (Å²) >= 11 is 0. The topological polar surface area (TPSA) is 71.8 Å². The minimum absolute atomic E-state index is 0.249. The zero-order chi connectivity index (χ0) is 14.1. The van der Waals surface area contributed by atoms with Crippen LogP contribution in [0.1, 0.15) is 22.1 Å². The van der Waals surface area contributed by atoms with Gasteiger partial charge in [-0.25, -0.2) is 9.07 Å². The smallest absolute Gasteiger partial charge is 0.277 e. The van der Waals surface area contributed by atoms with E-state index in [9.17, 15) is 9.18 Å². The predicted molar refractivity (Wildman–Crippen MR) is 71.0 cm³/mol. The molecular weight excluding hydrogens is 261 g/mol. The number of amides is 1. The number of benzene rings is 1. The van der Waals surface area contributed by atoms with Crippen molar-refractivity contribution in [2.24, 2.45) is 0 Å². The first kappa shape index (κ1) is 12.7. The first-order chi connectivity index (χ1) is 9.63. The Morgan fingerprint density at radius 2 is 2.30 bits per heavy atom. The number of anilines is 1. The maximum absolute atomic E-state index is 13.2. The summed E-state index contributed by atoms with van der Waals surface area (Å²) in [6, 6.07) is 4.67. The van der Waals surface area contributed by atoms with Crippen molar-refractivity contribution in [2.45, 2.75) is 13.0 Å². The van der Waals surface area contributed by atoms with E-state index in [-0.39, 0.29) is 23.5 Å². The fourth-order valence-electron chi connectivity index (χ4n) is 1.94. The van der Waals surface area contributed by atoms with Crippen LogP contribution in [0.5, 0.6) is 0 Å². The fraction of sp³-hybridized carbons (Fsp3) is 0.308. The Morgan fingerprint density at radius 1 is 1.50 bits per heavy atom. The Hall–Kier alpha value is -2.28. The van der Waals surface area contributed by atoms with E-state index in [1.807, 2.05) is 0 Å². The lowest BCUT2D eigenvalue weighted by Gasteiger charge is -2.26. The Labute approximate surface area is 115 Å². The van der Waals surface area contributed by atoms with Crippen molar-refractivity contribution >= 4 is 11.6 Å². The molecule has 0 spiro atoms. The fourth-order valence-corrected chi connectivity index (χ4v) is 1.94. The molecule has 0 atom stereocenters. The van der Waals surface area contributed by atoms with Gasteiger partial charge in [0.15, 0.2) is 5.69 Å². The second-order valence-electron chi connectivity index (χ2n) is 4.81. The molecule has 20 heavy (non-hydrogen) atoms. The first-order valence-corrected chi connectivity index (χ1v) is 6.33. The lowest BCUT2D eigenvalue weighted by molar-refractivity contribution is 0.102. The van der Waals surface area contributed by atoms with Gasteiger partial charge >= 0.3 is 0 Å².